The molecule has 0 spiro atoms. The zero-order valence-electron chi connectivity index (χ0n) is 21.5. The summed E-state index contributed by atoms with van der Waals surface area (Å²) in [5.74, 6) is 3.32. The van der Waals surface area contributed by atoms with Crippen molar-refractivity contribution in [2.24, 2.45) is 5.92 Å². The maximum atomic E-state index is 13.6. The van der Waals surface area contributed by atoms with E-state index in [2.05, 4.69) is 10.3 Å². The second-order valence-corrected chi connectivity index (χ2v) is 10.1. The Morgan fingerprint density at radius 2 is 1.67 bits per heavy atom. The first-order chi connectivity index (χ1) is 18.9. The van der Waals surface area contributed by atoms with Crippen molar-refractivity contribution in [2.75, 3.05) is 54.6 Å². The van der Waals surface area contributed by atoms with Crippen LogP contribution in [0.5, 0.6) is 11.5 Å². The van der Waals surface area contributed by atoms with Gasteiger partial charge in [0.15, 0.2) is 17.3 Å². The first-order valence-corrected chi connectivity index (χ1v) is 13.4. The minimum atomic E-state index is -4.46. The number of hydrogen-bond donors (Lipinski definition) is 1. The van der Waals surface area contributed by atoms with Gasteiger partial charge in [0.2, 0.25) is 18.7 Å². The second-order valence-electron chi connectivity index (χ2n) is 10.1. The number of piperazine rings is 1. The molecule has 1 saturated heterocycles. The number of aromatic nitrogens is 4. The maximum Gasteiger partial charge on any atom is 0.419 e. The first kappa shape index (κ1) is 25.4. The quantitative estimate of drug-likeness (QED) is 0.463. The van der Waals surface area contributed by atoms with Crippen molar-refractivity contribution in [2.45, 2.75) is 38.3 Å². The Labute approximate surface area is 224 Å². The van der Waals surface area contributed by atoms with E-state index in [0.29, 0.717) is 61.3 Å². The molecule has 206 valence electrons. The number of anilines is 3. The zero-order valence-corrected chi connectivity index (χ0v) is 21.5. The van der Waals surface area contributed by atoms with Gasteiger partial charge < -0.3 is 24.6 Å². The number of pyridine rings is 1. The lowest BCUT2D eigenvalue weighted by molar-refractivity contribution is -0.137. The van der Waals surface area contributed by atoms with E-state index < -0.39 is 11.7 Å². The van der Waals surface area contributed by atoms with Crippen molar-refractivity contribution < 1.29 is 22.6 Å². The van der Waals surface area contributed by atoms with Gasteiger partial charge >= 0.3 is 6.18 Å². The molecule has 9 nitrogen and oxygen atoms in total. The van der Waals surface area contributed by atoms with Crippen molar-refractivity contribution in [1.82, 2.24) is 19.9 Å². The number of rotatable bonds is 6. The Morgan fingerprint density at radius 1 is 0.897 bits per heavy atom. The molecule has 1 N–H and O–H groups in total. The van der Waals surface area contributed by atoms with Crippen LogP contribution in [0.15, 0.2) is 36.5 Å². The van der Waals surface area contributed by atoms with Gasteiger partial charge in [0.1, 0.15) is 5.82 Å². The van der Waals surface area contributed by atoms with Gasteiger partial charge in [-0.3, -0.25) is 0 Å². The second kappa shape index (κ2) is 10.7. The Morgan fingerprint density at radius 3 is 2.46 bits per heavy atom. The summed E-state index contributed by atoms with van der Waals surface area (Å²) in [6.45, 7) is 2.57. The average Bonchev–Trinajstić information content (AvgIpc) is 3.44. The minimum Gasteiger partial charge on any atom is -0.454 e. The number of benzene rings is 1. The van der Waals surface area contributed by atoms with Gasteiger partial charge in [0, 0.05) is 44.5 Å². The third-order valence-electron chi connectivity index (χ3n) is 7.48. The molecule has 6 rings (SSSR count). The lowest BCUT2D eigenvalue weighted by atomic mass is 9.89. The number of alkyl halides is 3. The van der Waals surface area contributed by atoms with Gasteiger partial charge in [-0.25, -0.2) is 4.98 Å². The largest absolute Gasteiger partial charge is 0.454 e. The van der Waals surface area contributed by atoms with Gasteiger partial charge in [-0.2, -0.15) is 28.1 Å². The SMILES string of the molecule is FC(F)(F)c1cccnc1N1CCN(c2nc(NCC3CCCCC3)nc(-c3ccc4c(c3)OCO4)n2)CC1. The highest BCUT2D eigenvalue weighted by Gasteiger charge is 2.36. The summed E-state index contributed by atoms with van der Waals surface area (Å²) in [6.07, 6.45) is 3.08. The molecule has 1 aliphatic carbocycles. The van der Waals surface area contributed by atoms with Crippen LogP contribution in [0.4, 0.5) is 30.9 Å². The fourth-order valence-corrected chi connectivity index (χ4v) is 5.37. The van der Waals surface area contributed by atoms with E-state index in [-0.39, 0.29) is 12.6 Å². The van der Waals surface area contributed by atoms with E-state index in [1.54, 1.807) is 4.90 Å². The summed E-state index contributed by atoms with van der Waals surface area (Å²) in [5, 5.41) is 3.42. The van der Waals surface area contributed by atoms with Crippen LogP contribution in [0, 0.1) is 5.92 Å². The molecule has 3 aromatic rings. The smallest absolute Gasteiger partial charge is 0.419 e. The highest BCUT2D eigenvalue weighted by molar-refractivity contribution is 5.64. The fourth-order valence-electron chi connectivity index (χ4n) is 5.37. The van der Waals surface area contributed by atoms with Gasteiger partial charge in [-0.15, -0.1) is 0 Å². The molecule has 0 amide bonds. The molecule has 4 heterocycles. The monoisotopic (exact) mass is 541 g/mol. The van der Waals surface area contributed by atoms with Crippen molar-refractivity contribution in [1.29, 1.82) is 0 Å². The van der Waals surface area contributed by atoms with Crippen molar-refractivity contribution in [3.63, 3.8) is 0 Å². The summed E-state index contributed by atoms with van der Waals surface area (Å²) in [5.41, 5.74) is 0.0449. The van der Waals surface area contributed by atoms with Crippen LogP contribution in [-0.2, 0) is 6.18 Å². The Balaban J connectivity index is 1.24. The molecule has 1 aromatic carbocycles. The summed E-state index contributed by atoms with van der Waals surface area (Å²) in [7, 11) is 0. The summed E-state index contributed by atoms with van der Waals surface area (Å²) >= 11 is 0. The Bertz CT molecular complexity index is 1310. The van der Waals surface area contributed by atoms with Gasteiger partial charge in [-0.05, 0) is 49.1 Å². The van der Waals surface area contributed by atoms with Gasteiger partial charge in [0.05, 0.1) is 5.56 Å². The average molecular weight is 542 g/mol. The van der Waals surface area contributed by atoms with Crippen molar-refractivity contribution >= 4 is 17.7 Å². The molecule has 2 aromatic heterocycles. The molecule has 0 unspecified atom stereocenters. The van der Waals surface area contributed by atoms with Crippen LogP contribution in [0.1, 0.15) is 37.7 Å². The van der Waals surface area contributed by atoms with E-state index in [1.807, 2.05) is 23.1 Å². The molecule has 3 aliphatic rings. The van der Waals surface area contributed by atoms with Crippen molar-refractivity contribution in [3.8, 4) is 22.9 Å². The van der Waals surface area contributed by atoms with Crippen molar-refractivity contribution in [3.05, 3.63) is 42.1 Å². The number of hydrogen-bond acceptors (Lipinski definition) is 9. The van der Waals surface area contributed by atoms with Crippen LogP contribution in [-0.4, -0.2) is 59.5 Å². The molecule has 39 heavy (non-hydrogen) atoms. The van der Waals surface area contributed by atoms with Crippen LogP contribution >= 0.6 is 0 Å². The summed E-state index contributed by atoms with van der Waals surface area (Å²) in [6, 6.07) is 7.95. The third-order valence-corrected chi connectivity index (χ3v) is 7.48. The molecule has 0 radical (unpaired) electrons. The molecular formula is C27H30F3N7O2. The maximum absolute atomic E-state index is 13.6. The topological polar surface area (TPSA) is 88.5 Å². The fraction of sp³-hybridized carbons (Fsp3) is 0.481. The van der Waals surface area contributed by atoms with Crippen LogP contribution in [0.3, 0.4) is 0 Å². The van der Waals surface area contributed by atoms with Crippen LogP contribution in [0.25, 0.3) is 11.4 Å². The molecule has 12 heteroatoms. The lowest BCUT2D eigenvalue weighted by Gasteiger charge is -2.36. The van der Waals surface area contributed by atoms with Gasteiger partial charge in [-0.1, -0.05) is 19.3 Å². The van der Waals surface area contributed by atoms with E-state index in [4.69, 9.17) is 24.4 Å². The van der Waals surface area contributed by atoms with Crippen LogP contribution in [0.2, 0.25) is 0 Å². The predicted octanol–water partition coefficient (Wildman–Crippen LogP) is 5.00. The highest BCUT2D eigenvalue weighted by Crippen LogP contribution is 2.37. The van der Waals surface area contributed by atoms with Gasteiger partial charge in [0.25, 0.3) is 0 Å². The summed E-state index contributed by atoms with van der Waals surface area (Å²) < 4.78 is 51.6. The number of nitrogens with one attached hydrogen (secondary N) is 1. The van der Waals surface area contributed by atoms with E-state index in [0.717, 1.165) is 18.2 Å². The number of halogens is 3. The number of fused-ring (bicyclic) bond motifs is 1. The Hall–Kier alpha value is -3.83. The van der Waals surface area contributed by atoms with E-state index >= 15 is 0 Å². The molecular weight excluding hydrogens is 511 g/mol. The molecule has 0 atom stereocenters. The molecule has 0 bridgehead atoms. The first-order valence-electron chi connectivity index (χ1n) is 13.4. The number of nitrogens with zero attached hydrogens (tertiary/aromatic N) is 6. The molecule has 2 aliphatic heterocycles. The third kappa shape index (κ3) is 5.64. The highest BCUT2D eigenvalue weighted by atomic mass is 19.4. The minimum absolute atomic E-state index is 0.0452. The zero-order chi connectivity index (χ0) is 26.8. The normalized spacial score (nSPS) is 17.9. The standard InChI is InChI=1S/C27H30F3N7O2/c28-27(29,30)20-7-4-10-31-24(20)36-11-13-37(14-12-36)26-34-23(19-8-9-21-22(15-19)39-17-38-21)33-25(35-26)32-16-18-5-2-1-3-6-18/h4,7-10,15,18H,1-3,5-6,11-14,16-17H2,(H,32,33,34,35). The molecule has 2 fully saturated rings. The predicted molar refractivity (Wildman–Crippen MR) is 140 cm³/mol. The molecule has 1 saturated carbocycles. The van der Waals surface area contributed by atoms with E-state index in [1.165, 1.54) is 44.4 Å². The van der Waals surface area contributed by atoms with E-state index in [9.17, 15) is 13.2 Å². The van der Waals surface area contributed by atoms with Crippen LogP contribution < -0.4 is 24.6 Å². The number of ether oxygens (including phenoxy) is 2. The lowest BCUT2D eigenvalue weighted by Crippen LogP contribution is -2.48. The Kier molecular flexibility index (Phi) is 7.01. The summed E-state index contributed by atoms with van der Waals surface area (Å²) in [4.78, 5) is 21.9.